The summed E-state index contributed by atoms with van der Waals surface area (Å²) in [7, 11) is -0.400. The third-order valence-electron chi connectivity index (χ3n) is 4.76. The number of methoxy groups -OCH3 is 2. The fraction of sp³-hybridized carbons (Fsp3) is 0.500. The minimum atomic E-state index is -3.33. The predicted molar refractivity (Wildman–Crippen MR) is 95.1 cm³/mol. The molecule has 0 bridgehead atoms. The molecule has 1 saturated carbocycles. The molecule has 0 amide bonds. The number of hydrogen-bond acceptors (Lipinski definition) is 6. The highest BCUT2D eigenvalue weighted by molar-refractivity contribution is 7.91. The van der Waals surface area contributed by atoms with Crippen molar-refractivity contribution in [2.45, 2.75) is 43.1 Å². The van der Waals surface area contributed by atoms with Crippen LogP contribution < -0.4 is 15.1 Å². The van der Waals surface area contributed by atoms with E-state index in [0.717, 1.165) is 19.3 Å². The number of ether oxygens (including phenoxy) is 2. The average Bonchev–Trinajstić information content (AvgIpc) is 2.61. The second-order valence-corrected chi connectivity index (χ2v) is 8.62. The first kappa shape index (κ1) is 17.8. The zero-order valence-electron chi connectivity index (χ0n) is 14.4. The van der Waals surface area contributed by atoms with Crippen LogP contribution >= 0.6 is 0 Å². The molecule has 0 saturated heterocycles. The molecule has 1 aromatic carbocycles. The van der Waals surface area contributed by atoms with Crippen molar-refractivity contribution in [1.29, 1.82) is 0 Å². The van der Waals surface area contributed by atoms with Gasteiger partial charge in [-0.2, -0.15) is 0 Å². The van der Waals surface area contributed by atoms with E-state index in [0.29, 0.717) is 29.5 Å². The molecule has 7 heteroatoms. The first-order valence-electron chi connectivity index (χ1n) is 8.35. The van der Waals surface area contributed by atoms with Gasteiger partial charge in [0.2, 0.25) is 5.75 Å². The molecule has 6 nitrogen and oxygen atoms in total. The van der Waals surface area contributed by atoms with E-state index < -0.39 is 15.5 Å². The Balaban J connectivity index is 2.08. The average molecular weight is 366 g/mol. The summed E-state index contributed by atoms with van der Waals surface area (Å²) in [6, 6.07) is 4.64. The molecule has 25 heavy (non-hydrogen) atoms. The molecule has 1 aliphatic rings. The van der Waals surface area contributed by atoms with Crippen molar-refractivity contribution >= 4 is 20.8 Å². The molecule has 0 aliphatic heterocycles. The number of benzene rings is 1. The first-order chi connectivity index (χ1) is 12.0. The first-order valence-corrected chi connectivity index (χ1v) is 10.1. The summed E-state index contributed by atoms with van der Waals surface area (Å²) in [6.07, 6.45) is 4.34. The molecule has 2 aromatic rings. The lowest BCUT2D eigenvalue weighted by Gasteiger charge is -2.22. The summed E-state index contributed by atoms with van der Waals surface area (Å²) in [5.74, 6) is 0.536. The maximum Gasteiger partial charge on any atom is 0.336 e. The third-order valence-corrected chi connectivity index (χ3v) is 6.96. The van der Waals surface area contributed by atoms with Crippen molar-refractivity contribution in [3.05, 3.63) is 34.2 Å². The Bertz CT molecular complexity index is 922. The molecular formula is C18H22O6S. The molecule has 3 rings (SSSR count). The van der Waals surface area contributed by atoms with Gasteiger partial charge >= 0.3 is 5.63 Å². The minimum absolute atomic E-state index is 0.171. The topological polar surface area (TPSA) is 82.8 Å². The van der Waals surface area contributed by atoms with E-state index in [1.807, 2.05) is 0 Å². The van der Waals surface area contributed by atoms with Gasteiger partial charge in [0.05, 0.1) is 25.2 Å². The van der Waals surface area contributed by atoms with Gasteiger partial charge in [-0.1, -0.05) is 19.3 Å². The standard InChI is InChI=1S/C18H22O6S/c1-22-15-9-8-14-12(10-16(19)24-17(14)18(15)23-2)11-25(20,21)13-6-4-3-5-7-13/h8-10,13H,3-7,11H2,1-2H3. The third kappa shape index (κ3) is 3.51. The van der Waals surface area contributed by atoms with Crippen molar-refractivity contribution in [2.24, 2.45) is 0 Å². The van der Waals surface area contributed by atoms with Crippen LogP contribution in [0.3, 0.4) is 0 Å². The summed E-state index contributed by atoms with van der Waals surface area (Å²) in [6.45, 7) is 0. The molecule has 0 unspecified atom stereocenters. The molecule has 0 atom stereocenters. The van der Waals surface area contributed by atoms with Crippen molar-refractivity contribution < 1.29 is 22.3 Å². The molecule has 1 fully saturated rings. The fourth-order valence-electron chi connectivity index (χ4n) is 3.48. The predicted octanol–water partition coefficient (Wildman–Crippen LogP) is 3.06. The Hall–Kier alpha value is -2.02. The number of fused-ring (bicyclic) bond motifs is 1. The maximum absolute atomic E-state index is 12.8. The van der Waals surface area contributed by atoms with Gasteiger partial charge in [-0.3, -0.25) is 0 Å². The van der Waals surface area contributed by atoms with Crippen LogP contribution in [0.2, 0.25) is 0 Å². The SMILES string of the molecule is COc1ccc2c(CS(=O)(=O)C3CCCCC3)cc(=O)oc2c1OC. The second kappa shape index (κ2) is 7.07. The van der Waals surface area contributed by atoms with Crippen LogP contribution in [-0.4, -0.2) is 27.9 Å². The lowest BCUT2D eigenvalue weighted by atomic mass is 10.0. The number of sulfone groups is 1. The van der Waals surface area contributed by atoms with Crippen LogP contribution in [-0.2, 0) is 15.6 Å². The molecule has 0 spiro atoms. The smallest absolute Gasteiger partial charge is 0.336 e. The Morgan fingerprint density at radius 3 is 2.48 bits per heavy atom. The molecule has 1 heterocycles. The highest BCUT2D eigenvalue weighted by atomic mass is 32.2. The molecule has 0 N–H and O–H groups in total. The van der Waals surface area contributed by atoms with Gasteiger partial charge in [-0.15, -0.1) is 0 Å². The summed E-state index contributed by atoms with van der Waals surface area (Å²) >= 11 is 0. The van der Waals surface area contributed by atoms with Crippen LogP contribution in [0.15, 0.2) is 27.4 Å². The summed E-state index contributed by atoms with van der Waals surface area (Å²) in [4.78, 5) is 12.0. The van der Waals surface area contributed by atoms with Gasteiger partial charge in [0, 0.05) is 11.5 Å². The Morgan fingerprint density at radius 1 is 1.12 bits per heavy atom. The van der Waals surface area contributed by atoms with E-state index in [4.69, 9.17) is 13.9 Å². The molecule has 136 valence electrons. The normalized spacial score (nSPS) is 16.1. The zero-order chi connectivity index (χ0) is 18.0. The van der Waals surface area contributed by atoms with E-state index in [9.17, 15) is 13.2 Å². The Labute approximate surface area is 146 Å². The fourth-order valence-corrected chi connectivity index (χ4v) is 5.44. The Kier molecular flexibility index (Phi) is 5.03. The van der Waals surface area contributed by atoms with Gasteiger partial charge in [-0.25, -0.2) is 13.2 Å². The zero-order valence-corrected chi connectivity index (χ0v) is 15.2. The molecule has 1 aliphatic carbocycles. The highest BCUT2D eigenvalue weighted by Crippen LogP contribution is 2.36. The number of rotatable bonds is 5. The molecular weight excluding hydrogens is 344 g/mol. The highest BCUT2D eigenvalue weighted by Gasteiger charge is 2.28. The van der Waals surface area contributed by atoms with Crippen LogP contribution in [0.4, 0.5) is 0 Å². The van der Waals surface area contributed by atoms with Crippen molar-refractivity contribution in [1.82, 2.24) is 0 Å². The van der Waals surface area contributed by atoms with E-state index in [-0.39, 0.29) is 22.3 Å². The maximum atomic E-state index is 12.8. The van der Waals surface area contributed by atoms with E-state index >= 15 is 0 Å². The quantitative estimate of drug-likeness (QED) is 0.757. The lowest BCUT2D eigenvalue weighted by molar-refractivity contribution is 0.352. The van der Waals surface area contributed by atoms with Crippen LogP contribution in [0.5, 0.6) is 11.5 Å². The molecule has 0 radical (unpaired) electrons. The van der Waals surface area contributed by atoms with Crippen LogP contribution in [0.1, 0.15) is 37.7 Å². The van der Waals surface area contributed by atoms with E-state index in [2.05, 4.69) is 0 Å². The molecule has 1 aromatic heterocycles. The van der Waals surface area contributed by atoms with E-state index in [1.54, 1.807) is 12.1 Å². The monoisotopic (exact) mass is 366 g/mol. The van der Waals surface area contributed by atoms with E-state index in [1.165, 1.54) is 20.3 Å². The van der Waals surface area contributed by atoms with Crippen molar-refractivity contribution in [2.75, 3.05) is 14.2 Å². The van der Waals surface area contributed by atoms with Gasteiger partial charge < -0.3 is 13.9 Å². The largest absolute Gasteiger partial charge is 0.493 e. The van der Waals surface area contributed by atoms with Crippen molar-refractivity contribution in [3.8, 4) is 11.5 Å². The van der Waals surface area contributed by atoms with Crippen LogP contribution in [0.25, 0.3) is 11.0 Å². The minimum Gasteiger partial charge on any atom is -0.493 e. The summed E-state index contributed by atoms with van der Waals surface area (Å²) in [5, 5.41) is 0.223. The second-order valence-electron chi connectivity index (χ2n) is 6.34. The summed E-state index contributed by atoms with van der Waals surface area (Å²) < 4.78 is 41.4. The number of hydrogen-bond donors (Lipinski definition) is 0. The van der Waals surface area contributed by atoms with Gasteiger partial charge in [-0.05, 0) is 30.5 Å². The van der Waals surface area contributed by atoms with Crippen LogP contribution in [0, 0.1) is 0 Å². The van der Waals surface area contributed by atoms with Gasteiger partial charge in [0.15, 0.2) is 21.2 Å². The van der Waals surface area contributed by atoms with Crippen molar-refractivity contribution in [3.63, 3.8) is 0 Å². The summed E-state index contributed by atoms with van der Waals surface area (Å²) in [5.41, 5.74) is 0.0499. The van der Waals surface area contributed by atoms with Gasteiger partial charge in [0.25, 0.3) is 0 Å². The lowest BCUT2D eigenvalue weighted by Crippen LogP contribution is -2.25. The Morgan fingerprint density at radius 2 is 1.84 bits per heavy atom. The van der Waals surface area contributed by atoms with Gasteiger partial charge in [0.1, 0.15) is 0 Å².